The SMILES string of the molecule is O=C(/C=C/c1ccc(Cl)cc1)Nc1ccccc1N1CCCC1=O. The molecule has 5 heteroatoms. The molecule has 3 rings (SSSR count). The molecule has 1 N–H and O–H groups in total. The van der Waals surface area contributed by atoms with E-state index in [1.165, 1.54) is 6.08 Å². The summed E-state index contributed by atoms with van der Waals surface area (Å²) in [7, 11) is 0. The van der Waals surface area contributed by atoms with Gasteiger partial charge in [-0.15, -0.1) is 0 Å². The van der Waals surface area contributed by atoms with Crippen LogP contribution in [0.3, 0.4) is 0 Å². The Balaban J connectivity index is 1.72. The highest BCUT2D eigenvalue weighted by molar-refractivity contribution is 6.30. The average Bonchev–Trinajstić information content (AvgIpc) is 3.01. The number of hydrogen-bond donors (Lipinski definition) is 1. The monoisotopic (exact) mass is 340 g/mol. The number of nitrogens with one attached hydrogen (secondary N) is 1. The van der Waals surface area contributed by atoms with Gasteiger partial charge in [0.05, 0.1) is 11.4 Å². The second-order valence-corrected chi connectivity index (χ2v) is 5.98. The van der Waals surface area contributed by atoms with Gasteiger partial charge >= 0.3 is 0 Å². The molecule has 0 bridgehead atoms. The molecule has 24 heavy (non-hydrogen) atoms. The van der Waals surface area contributed by atoms with Crippen molar-refractivity contribution in [2.75, 3.05) is 16.8 Å². The Morgan fingerprint density at radius 2 is 1.88 bits per heavy atom. The van der Waals surface area contributed by atoms with Crippen LogP contribution in [-0.2, 0) is 9.59 Å². The number of carbonyl (C=O) groups is 2. The normalized spacial score (nSPS) is 14.4. The lowest BCUT2D eigenvalue weighted by Crippen LogP contribution is -2.25. The fourth-order valence-electron chi connectivity index (χ4n) is 2.64. The summed E-state index contributed by atoms with van der Waals surface area (Å²) in [6, 6.07) is 14.6. The molecule has 1 saturated heterocycles. The molecule has 0 atom stereocenters. The summed E-state index contributed by atoms with van der Waals surface area (Å²) in [5.74, 6) is -0.155. The van der Waals surface area contributed by atoms with Gasteiger partial charge in [-0.25, -0.2) is 0 Å². The van der Waals surface area contributed by atoms with Gasteiger partial charge < -0.3 is 10.2 Å². The molecule has 0 saturated carbocycles. The van der Waals surface area contributed by atoms with E-state index in [-0.39, 0.29) is 11.8 Å². The van der Waals surface area contributed by atoms with E-state index in [1.54, 1.807) is 29.2 Å². The summed E-state index contributed by atoms with van der Waals surface area (Å²) in [5.41, 5.74) is 2.27. The molecule has 1 aliphatic heterocycles. The van der Waals surface area contributed by atoms with Gasteiger partial charge in [0.25, 0.3) is 0 Å². The minimum atomic E-state index is -0.246. The molecular weight excluding hydrogens is 324 g/mol. The number of halogens is 1. The van der Waals surface area contributed by atoms with Crippen molar-refractivity contribution in [1.82, 2.24) is 0 Å². The molecule has 2 amide bonds. The van der Waals surface area contributed by atoms with E-state index in [1.807, 2.05) is 30.3 Å². The second kappa shape index (κ2) is 7.32. The third-order valence-corrected chi connectivity index (χ3v) is 4.08. The molecule has 1 heterocycles. The molecule has 122 valence electrons. The molecule has 0 unspecified atom stereocenters. The summed E-state index contributed by atoms with van der Waals surface area (Å²) in [6.07, 6.45) is 4.58. The predicted molar refractivity (Wildman–Crippen MR) is 97.1 cm³/mol. The van der Waals surface area contributed by atoms with Crippen LogP contribution in [0.1, 0.15) is 18.4 Å². The molecule has 2 aromatic rings. The topological polar surface area (TPSA) is 49.4 Å². The molecular formula is C19H17ClN2O2. The van der Waals surface area contributed by atoms with Crippen LogP contribution in [0.5, 0.6) is 0 Å². The predicted octanol–water partition coefficient (Wildman–Crippen LogP) is 4.12. The molecule has 1 aliphatic rings. The number of benzene rings is 2. The van der Waals surface area contributed by atoms with E-state index in [0.29, 0.717) is 23.7 Å². The highest BCUT2D eigenvalue weighted by Crippen LogP contribution is 2.29. The van der Waals surface area contributed by atoms with E-state index in [4.69, 9.17) is 11.6 Å². The van der Waals surface area contributed by atoms with Crippen molar-refractivity contribution in [1.29, 1.82) is 0 Å². The Morgan fingerprint density at radius 3 is 2.58 bits per heavy atom. The number of nitrogens with zero attached hydrogens (tertiary/aromatic N) is 1. The van der Waals surface area contributed by atoms with Crippen LogP contribution in [0.4, 0.5) is 11.4 Å². The van der Waals surface area contributed by atoms with Gasteiger partial charge in [0.1, 0.15) is 0 Å². The summed E-state index contributed by atoms with van der Waals surface area (Å²) in [6.45, 7) is 0.687. The summed E-state index contributed by atoms with van der Waals surface area (Å²) < 4.78 is 0. The maximum Gasteiger partial charge on any atom is 0.248 e. The zero-order valence-corrected chi connectivity index (χ0v) is 13.8. The smallest absolute Gasteiger partial charge is 0.248 e. The lowest BCUT2D eigenvalue weighted by Gasteiger charge is -2.19. The number of rotatable bonds is 4. The van der Waals surface area contributed by atoms with Crippen LogP contribution in [0.25, 0.3) is 6.08 Å². The van der Waals surface area contributed by atoms with Crippen LogP contribution in [-0.4, -0.2) is 18.4 Å². The average molecular weight is 341 g/mol. The van der Waals surface area contributed by atoms with Gasteiger partial charge in [-0.05, 0) is 42.3 Å². The fourth-order valence-corrected chi connectivity index (χ4v) is 2.76. The number of anilines is 2. The van der Waals surface area contributed by atoms with Crippen molar-refractivity contribution in [3.63, 3.8) is 0 Å². The summed E-state index contributed by atoms with van der Waals surface area (Å²) in [5, 5.41) is 3.50. The zero-order chi connectivity index (χ0) is 16.9. The van der Waals surface area contributed by atoms with Crippen molar-refractivity contribution in [2.45, 2.75) is 12.8 Å². The Labute approximate surface area is 145 Å². The van der Waals surface area contributed by atoms with Gasteiger partial charge in [-0.3, -0.25) is 9.59 Å². The fraction of sp³-hybridized carbons (Fsp3) is 0.158. The molecule has 0 aromatic heterocycles. The van der Waals surface area contributed by atoms with Gasteiger partial charge in [0.2, 0.25) is 11.8 Å². The number of carbonyl (C=O) groups excluding carboxylic acids is 2. The maximum absolute atomic E-state index is 12.2. The first kappa shape index (κ1) is 16.3. The third kappa shape index (κ3) is 3.84. The lowest BCUT2D eigenvalue weighted by atomic mass is 10.2. The minimum absolute atomic E-state index is 0.0911. The Morgan fingerprint density at radius 1 is 1.12 bits per heavy atom. The minimum Gasteiger partial charge on any atom is -0.321 e. The lowest BCUT2D eigenvalue weighted by molar-refractivity contribution is -0.117. The molecule has 0 spiro atoms. The molecule has 4 nitrogen and oxygen atoms in total. The maximum atomic E-state index is 12.2. The van der Waals surface area contributed by atoms with Crippen molar-refractivity contribution in [3.05, 3.63) is 65.2 Å². The van der Waals surface area contributed by atoms with Crippen molar-refractivity contribution in [3.8, 4) is 0 Å². The van der Waals surface area contributed by atoms with E-state index in [0.717, 1.165) is 17.7 Å². The highest BCUT2D eigenvalue weighted by Gasteiger charge is 2.23. The molecule has 0 radical (unpaired) electrons. The standard InChI is InChI=1S/C19H17ClN2O2/c20-15-10-7-14(8-11-15)9-12-18(23)21-16-4-1-2-5-17(16)22-13-3-6-19(22)24/h1-2,4-5,7-12H,3,6,13H2,(H,21,23)/b12-9+. The number of hydrogen-bond acceptors (Lipinski definition) is 2. The van der Waals surface area contributed by atoms with Crippen LogP contribution in [0, 0.1) is 0 Å². The molecule has 0 aliphatic carbocycles. The Hall–Kier alpha value is -2.59. The van der Waals surface area contributed by atoms with Crippen molar-refractivity contribution >= 4 is 40.9 Å². The van der Waals surface area contributed by atoms with Crippen LogP contribution in [0.15, 0.2) is 54.6 Å². The van der Waals surface area contributed by atoms with Crippen LogP contribution < -0.4 is 10.2 Å². The number of para-hydroxylation sites is 2. The van der Waals surface area contributed by atoms with Crippen LogP contribution >= 0.6 is 11.6 Å². The Bertz CT molecular complexity index is 784. The van der Waals surface area contributed by atoms with E-state index in [9.17, 15) is 9.59 Å². The first-order chi connectivity index (χ1) is 11.6. The molecule has 1 fully saturated rings. The van der Waals surface area contributed by atoms with E-state index >= 15 is 0 Å². The van der Waals surface area contributed by atoms with Gasteiger partial charge in [0, 0.05) is 24.1 Å². The molecule has 2 aromatic carbocycles. The summed E-state index contributed by atoms with van der Waals surface area (Å²) in [4.78, 5) is 25.8. The van der Waals surface area contributed by atoms with Gasteiger partial charge in [-0.1, -0.05) is 35.9 Å². The second-order valence-electron chi connectivity index (χ2n) is 5.54. The van der Waals surface area contributed by atoms with Crippen LogP contribution in [0.2, 0.25) is 5.02 Å². The van der Waals surface area contributed by atoms with Crippen molar-refractivity contribution < 1.29 is 9.59 Å². The van der Waals surface area contributed by atoms with Gasteiger partial charge in [-0.2, -0.15) is 0 Å². The zero-order valence-electron chi connectivity index (χ0n) is 13.0. The first-order valence-electron chi connectivity index (χ1n) is 7.77. The highest BCUT2D eigenvalue weighted by atomic mass is 35.5. The van der Waals surface area contributed by atoms with E-state index in [2.05, 4.69) is 5.32 Å². The largest absolute Gasteiger partial charge is 0.321 e. The Kier molecular flexibility index (Phi) is 4.96. The van der Waals surface area contributed by atoms with Crippen molar-refractivity contribution in [2.24, 2.45) is 0 Å². The third-order valence-electron chi connectivity index (χ3n) is 3.82. The number of amides is 2. The van der Waals surface area contributed by atoms with E-state index < -0.39 is 0 Å². The quantitative estimate of drug-likeness (QED) is 0.851. The first-order valence-corrected chi connectivity index (χ1v) is 8.15. The summed E-state index contributed by atoms with van der Waals surface area (Å²) >= 11 is 5.84. The van der Waals surface area contributed by atoms with Gasteiger partial charge in [0.15, 0.2) is 0 Å².